The Balaban J connectivity index is 2.61. The number of nitrogens with zero attached hydrogens (tertiary/aromatic N) is 2. The van der Waals surface area contributed by atoms with Crippen LogP contribution in [0.3, 0.4) is 0 Å². The molecule has 0 atom stereocenters. The Morgan fingerprint density at radius 1 is 1.10 bits per heavy atom. The van der Waals surface area contributed by atoms with Crippen molar-refractivity contribution in [2.24, 2.45) is 0 Å². The average Bonchev–Trinajstić information content (AvgIpc) is 2.88. The van der Waals surface area contributed by atoms with E-state index < -0.39 is 8.80 Å². The van der Waals surface area contributed by atoms with Crippen molar-refractivity contribution in [3.05, 3.63) is 18.2 Å². The Labute approximate surface area is 130 Å². The summed E-state index contributed by atoms with van der Waals surface area (Å²) in [6, 6.07) is 0.845. The summed E-state index contributed by atoms with van der Waals surface area (Å²) in [6.45, 7) is 13.1. The van der Waals surface area contributed by atoms with Crippen molar-refractivity contribution in [1.82, 2.24) is 9.55 Å². The van der Waals surface area contributed by atoms with E-state index in [0.717, 1.165) is 24.8 Å². The molecule has 1 aromatic rings. The third-order valence-electron chi connectivity index (χ3n) is 3.24. The molecule has 5 nitrogen and oxygen atoms in total. The summed E-state index contributed by atoms with van der Waals surface area (Å²) >= 11 is 0. The molecule has 0 aromatic carbocycles. The maximum absolute atomic E-state index is 5.88. The van der Waals surface area contributed by atoms with Crippen molar-refractivity contribution in [2.45, 2.75) is 59.5 Å². The normalized spacial score (nSPS) is 12.3. The highest BCUT2D eigenvalue weighted by molar-refractivity contribution is 6.60. The van der Waals surface area contributed by atoms with Gasteiger partial charge in [0.25, 0.3) is 0 Å². The van der Waals surface area contributed by atoms with E-state index >= 15 is 0 Å². The summed E-state index contributed by atoms with van der Waals surface area (Å²) in [5.74, 6) is 1.57. The number of aryl methyl sites for hydroxylation is 1. The molecule has 6 heteroatoms. The monoisotopic (exact) mass is 314 g/mol. The zero-order valence-corrected chi connectivity index (χ0v) is 15.1. The van der Waals surface area contributed by atoms with Crippen molar-refractivity contribution in [3.8, 4) is 0 Å². The van der Waals surface area contributed by atoms with Crippen LogP contribution in [0, 0.1) is 0 Å². The van der Waals surface area contributed by atoms with Gasteiger partial charge in [0.15, 0.2) is 0 Å². The fraction of sp³-hybridized carbons (Fsp3) is 0.800. The van der Waals surface area contributed by atoms with Crippen LogP contribution in [0.15, 0.2) is 12.4 Å². The van der Waals surface area contributed by atoms with Crippen molar-refractivity contribution >= 4 is 8.80 Å². The number of hydrogen-bond acceptors (Lipinski definition) is 4. The van der Waals surface area contributed by atoms with Crippen LogP contribution in [-0.2, 0) is 19.8 Å². The first-order valence-corrected chi connectivity index (χ1v) is 9.94. The lowest BCUT2D eigenvalue weighted by molar-refractivity contribution is 0.0705. The molecule has 0 spiro atoms. The third-order valence-corrected chi connectivity index (χ3v) is 6.39. The molecule has 0 radical (unpaired) electrons. The quantitative estimate of drug-likeness (QED) is 0.587. The first-order chi connectivity index (χ1) is 10.1. The summed E-state index contributed by atoms with van der Waals surface area (Å²) in [6.07, 6.45) is 4.89. The molecular weight excluding hydrogens is 284 g/mol. The topological polar surface area (TPSA) is 45.5 Å². The van der Waals surface area contributed by atoms with Crippen LogP contribution in [0.5, 0.6) is 0 Å². The number of rotatable bonds is 11. The molecule has 0 saturated heterocycles. The molecule has 0 fully saturated rings. The van der Waals surface area contributed by atoms with Crippen LogP contribution in [0.4, 0.5) is 0 Å². The molecule has 0 N–H and O–H groups in total. The van der Waals surface area contributed by atoms with Crippen molar-refractivity contribution < 1.29 is 13.3 Å². The highest BCUT2D eigenvalue weighted by Gasteiger charge is 2.39. The van der Waals surface area contributed by atoms with Gasteiger partial charge < -0.3 is 17.8 Å². The zero-order chi connectivity index (χ0) is 15.7. The lowest BCUT2D eigenvalue weighted by Crippen LogP contribution is -2.46. The SMILES string of the molecule is CCO[Si](CCCn1ccnc1C(C)C)(OCC)OCC. The molecule has 122 valence electrons. The molecule has 0 amide bonds. The Kier molecular flexibility index (Phi) is 8.17. The lowest BCUT2D eigenvalue weighted by atomic mass is 10.2. The number of aromatic nitrogens is 2. The molecule has 0 saturated carbocycles. The Morgan fingerprint density at radius 2 is 1.67 bits per heavy atom. The Bertz CT molecular complexity index is 379. The maximum Gasteiger partial charge on any atom is 0.500 e. The van der Waals surface area contributed by atoms with Gasteiger partial charge in [-0.3, -0.25) is 0 Å². The minimum atomic E-state index is -2.51. The van der Waals surface area contributed by atoms with E-state index in [1.165, 1.54) is 0 Å². The smallest absolute Gasteiger partial charge is 0.374 e. The van der Waals surface area contributed by atoms with Gasteiger partial charge in [-0.1, -0.05) is 13.8 Å². The van der Waals surface area contributed by atoms with Crippen molar-refractivity contribution in [3.63, 3.8) is 0 Å². The summed E-state index contributed by atoms with van der Waals surface area (Å²) in [5.41, 5.74) is 0. The summed E-state index contributed by atoms with van der Waals surface area (Å²) < 4.78 is 19.8. The van der Waals surface area contributed by atoms with Gasteiger partial charge in [-0.2, -0.15) is 0 Å². The van der Waals surface area contributed by atoms with Gasteiger partial charge in [0.1, 0.15) is 5.82 Å². The molecular formula is C15H30N2O3Si. The van der Waals surface area contributed by atoms with E-state index in [9.17, 15) is 0 Å². The van der Waals surface area contributed by atoms with Gasteiger partial charge in [-0.25, -0.2) is 4.98 Å². The Hall–Kier alpha value is -0.693. The molecule has 1 heterocycles. The predicted octanol–water partition coefficient (Wildman–Crippen LogP) is 3.45. The number of imidazole rings is 1. The van der Waals surface area contributed by atoms with Crippen molar-refractivity contribution in [1.29, 1.82) is 0 Å². The van der Waals surface area contributed by atoms with Gasteiger partial charge >= 0.3 is 8.80 Å². The van der Waals surface area contributed by atoms with Gasteiger partial charge in [0, 0.05) is 50.7 Å². The standard InChI is InChI=1S/C15H30N2O3Si/c1-6-18-21(19-7-2,20-8-3)13-9-11-17-12-10-16-15(17)14(4)5/h10,12,14H,6-9,11,13H2,1-5H3. The molecule has 0 aliphatic carbocycles. The molecule has 0 aliphatic rings. The Morgan fingerprint density at radius 3 is 2.14 bits per heavy atom. The van der Waals surface area contributed by atoms with Gasteiger partial charge in [-0.15, -0.1) is 0 Å². The highest BCUT2D eigenvalue weighted by atomic mass is 28.4. The first-order valence-electron chi connectivity index (χ1n) is 8.01. The molecule has 0 unspecified atom stereocenters. The summed E-state index contributed by atoms with van der Waals surface area (Å²) in [7, 11) is -2.51. The lowest BCUT2D eigenvalue weighted by Gasteiger charge is -2.28. The average molecular weight is 315 g/mol. The van der Waals surface area contributed by atoms with Crippen LogP contribution in [0.25, 0.3) is 0 Å². The summed E-state index contributed by atoms with van der Waals surface area (Å²) in [5, 5.41) is 0. The van der Waals surface area contributed by atoms with Crippen LogP contribution in [0.2, 0.25) is 6.04 Å². The predicted molar refractivity (Wildman–Crippen MR) is 86.4 cm³/mol. The molecule has 0 aliphatic heterocycles. The van der Waals surface area contributed by atoms with Gasteiger partial charge in [-0.05, 0) is 27.2 Å². The fourth-order valence-corrected chi connectivity index (χ4v) is 5.07. The van der Waals surface area contributed by atoms with Gasteiger partial charge in [0.05, 0.1) is 0 Å². The fourth-order valence-electron chi connectivity index (χ4n) is 2.48. The van der Waals surface area contributed by atoms with E-state index in [0.29, 0.717) is 25.7 Å². The molecule has 1 aromatic heterocycles. The maximum atomic E-state index is 5.88. The second-order valence-corrected chi connectivity index (χ2v) is 7.95. The second-order valence-electron chi connectivity index (χ2n) is 5.22. The van der Waals surface area contributed by atoms with Crippen LogP contribution < -0.4 is 0 Å². The minimum absolute atomic E-state index is 0.438. The van der Waals surface area contributed by atoms with E-state index in [4.69, 9.17) is 13.3 Å². The van der Waals surface area contributed by atoms with Crippen LogP contribution >= 0.6 is 0 Å². The summed E-state index contributed by atoms with van der Waals surface area (Å²) in [4.78, 5) is 4.42. The molecule has 0 bridgehead atoms. The largest absolute Gasteiger partial charge is 0.500 e. The molecule has 1 rings (SSSR count). The number of hydrogen-bond donors (Lipinski definition) is 0. The first kappa shape index (κ1) is 18.4. The van der Waals surface area contributed by atoms with E-state index in [1.54, 1.807) is 0 Å². The van der Waals surface area contributed by atoms with E-state index in [-0.39, 0.29) is 0 Å². The van der Waals surface area contributed by atoms with Crippen molar-refractivity contribution in [2.75, 3.05) is 19.8 Å². The van der Waals surface area contributed by atoms with Crippen LogP contribution in [-0.4, -0.2) is 38.2 Å². The van der Waals surface area contributed by atoms with Crippen LogP contribution in [0.1, 0.15) is 52.8 Å². The second kappa shape index (κ2) is 9.35. The molecule has 21 heavy (non-hydrogen) atoms. The van der Waals surface area contributed by atoms with E-state index in [2.05, 4.69) is 23.4 Å². The van der Waals surface area contributed by atoms with Gasteiger partial charge in [0.2, 0.25) is 0 Å². The van der Waals surface area contributed by atoms with E-state index in [1.807, 2.05) is 33.2 Å². The third kappa shape index (κ3) is 5.54. The minimum Gasteiger partial charge on any atom is -0.374 e. The zero-order valence-electron chi connectivity index (χ0n) is 14.1. The highest BCUT2D eigenvalue weighted by Crippen LogP contribution is 2.20.